The predicted octanol–water partition coefficient (Wildman–Crippen LogP) is 2.15. The Balaban J connectivity index is 3.18. The molecular weight excluding hydrogens is 163 g/mol. The van der Waals surface area contributed by atoms with E-state index in [4.69, 9.17) is 32.7 Å². The third-order valence-corrected chi connectivity index (χ3v) is 1.08. The lowest BCUT2D eigenvalue weighted by Crippen LogP contribution is -2.14. The van der Waals surface area contributed by atoms with Crippen LogP contribution in [0.25, 0.3) is 0 Å². The molecule has 4 heteroatoms. The molecule has 0 spiro atoms. The van der Waals surface area contributed by atoms with E-state index in [1.54, 1.807) is 0 Å². The molecule has 0 saturated heterocycles. The summed E-state index contributed by atoms with van der Waals surface area (Å²) >= 11 is 10.5. The summed E-state index contributed by atoms with van der Waals surface area (Å²) in [6.45, 7) is 1.93. The van der Waals surface area contributed by atoms with Gasteiger partial charge in [-0.05, 0) is 6.42 Å². The highest BCUT2D eigenvalue weighted by Gasteiger charge is 2.02. The van der Waals surface area contributed by atoms with E-state index in [1.165, 1.54) is 0 Å². The second-order valence-electron chi connectivity index (χ2n) is 1.39. The topological polar surface area (TPSA) is 18.5 Å². The van der Waals surface area contributed by atoms with Gasteiger partial charge in [-0.1, -0.05) is 30.1 Å². The molecule has 0 bridgehead atoms. The van der Waals surface area contributed by atoms with Crippen molar-refractivity contribution in [1.29, 1.82) is 0 Å². The van der Waals surface area contributed by atoms with Crippen LogP contribution in [0.5, 0.6) is 0 Å². The first-order valence-corrected chi connectivity index (χ1v) is 3.77. The predicted molar refractivity (Wildman–Crippen MR) is 37.7 cm³/mol. The number of alkyl halides is 2. The van der Waals surface area contributed by atoms with Gasteiger partial charge in [0, 0.05) is 0 Å². The van der Waals surface area contributed by atoms with E-state index in [0.29, 0.717) is 0 Å². The smallest absolute Gasteiger partial charge is 0.160 e. The minimum atomic E-state index is -0.250. The molecule has 0 aliphatic heterocycles. The summed E-state index contributed by atoms with van der Waals surface area (Å²) in [6.07, 6.45) is 0.513. The van der Waals surface area contributed by atoms with Gasteiger partial charge in [-0.3, -0.25) is 0 Å². The molecule has 0 atom stereocenters. The number of ether oxygens (including phenoxy) is 2. The summed E-state index contributed by atoms with van der Waals surface area (Å²) in [6, 6.07) is 0.296. The zero-order valence-corrected chi connectivity index (χ0v) is 6.78. The number of rotatable bonds is 5. The minimum absolute atomic E-state index is 0.148. The molecule has 0 heterocycles. The second-order valence-corrected chi connectivity index (χ2v) is 1.83. The number of halogens is 2. The Morgan fingerprint density at radius 2 is 1.67 bits per heavy atom. The quantitative estimate of drug-likeness (QED) is 0.468. The Morgan fingerprint density at radius 1 is 1.22 bits per heavy atom. The average molecular weight is 173 g/mol. The number of hydrogen-bond donors (Lipinski definition) is 0. The van der Waals surface area contributed by atoms with E-state index in [2.05, 4.69) is 0 Å². The normalized spacial score (nSPS) is 10.7. The Hall–Kier alpha value is 0.500. The van der Waals surface area contributed by atoms with E-state index in [1.807, 2.05) is 6.92 Å². The fraction of sp³-hybridized carbons (Fsp3) is 1.00. The van der Waals surface area contributed by atoms with Gasteiger partial charge in [0.15, 0.2) is 6.29 Å². The van der Waals surface area contributed by atoms with Crippen LogP contribution in [-0.4, -0.2) is 18.4 Å². The van der Waals surface area contributed by atoms with Crippen LogP contribution in [-0.2, 0) is 9.47 Å². The number of hydrogen-bond acceptors (Lipinski definition) is 2. The van der Waals surface area contributed by atoms with Gasteiger partial charge in [-0.2, -0.15) is 0 Å². The zero-order chi connectivity index (χ0) is 7.11. The molecule has 0 fully saturated rings. The van der Waals surface area contributed by atoms with Gasteiger partial charge in [0.1, 0.15) is 12.1 Å². The van der Waals surface area contributed by atoms with E-state index >= 15 is 0 Å². The highest BCUT2D eigenvalue weighted by molar-refractivity contribution is 6.17. The summed E-state index contributed by atoms with van der Waals surface area (Å²) in [5.41, 5.74) is 0. The molecule has 0 aliphatic rings. The van der Waals surface area contributed by atoms with Crippen LogP contribution in [0.1, 0.15) is 13.3 Å². The molecule has 0 rings (SSSR count). The molecule has 0 aromatic carbocycles. The zero-order valence-electron chi connectivity index (χ0n) is 5.27. The van der Waals surface area contributed by atoms with Gasteiger partial charge in [0.05, 0.1) is 0 Å². The first-order chi connectivity index (χ1) is 4.35. The van der Waals surface area contributed by atoms with Crippen LogP contribution in [0.2, 0.25) is 0 Å². The summed E-state index contributed by atoms with van der Waals surface area (Å²) in [4.78, 5) is 0. The third-order valence-electron chi connectivity index (χ3n) is 0.831. The van der Waals surface area contributed by atoms with Crippen molar-refractivity contribution in [2.75, 3.05) is 12.1 Å². The summed E-state index contributed by atoms with van der Waals surface area (Å²) in [7, 11) is 0. The molecule has 56 valence electrons. The van der Waals surface area contributed by atoms with Crippen LogP contribution in [0.3, 0.4) is 0 Å². The molecule has 0 saturated carbocycles. The first kappa shape index (κ1) is 9.50. The third kappa shape index (κ3) is 4.97. The molecule has 0 radical (unpaired) electrons. The van der Waals surface area contributed by atoms with E-state index in [-0.39, 0.29) is 18.4 Å². The van der Waals surface area contributed by atoms with Crippen molar-refractivity contribution < 1.29 is 9.47 Å². The average Bonchev–Trinajstić information content (AvgIpc) is 1.88. The van der Waals surface area contributed by atoms with Crippen molar-refractivity contribution in [3.63, 3.8) is 0 Å². The Bertz CT molecular complexity index is 54.9. The molecule has 9 heavy (non-hydrogen) atoms. The van der Waals surface area contributed by atoms with E-state index in [9.17, 15) is 0 Å². The Labute approximate surface area is 65.0 Å². The van der Waals surface area contributed by atoms with Gasteiger partial charge in [-0.15, -0.1) is 0 Å². The van der Waals surface area contributed by atoms with E-state index in [0.717, 1.165) is 6.42 Å². The standard InChI is InChI=1S/C5H10Cl2O2/c1-2-5(8-3-6)9-4-7/h5H,2-4H2,1H3. The second kappa shape index (κ2) is 6.62. The molecule has 0 aromatic rings. The molecule has 0 unspecified atom stereocenters. The maximum absolute atomic E-state index is 5.27. The molecule has 2 nitrogen and oxygen atoms in total. The fourth-order valence-corrected chi connectivity index (χ4v) is 0.705. The highest BCUT2D eigenvalue weighted by atomic mass is 35.5. The van der Waals surface area contributed by atoms with Crippen molar-refractivity contribution >= 4 is 23.2 Å². The largest absolute Gasteiger partial charge is 0.337 e. The van der Waals surface area contributed by atoms with Crippen molar-refractivity contribution in [2.45, 2.75) is 19.6 Å². The first-order valence-electron chi connectivity index (χ1n) is 2.70. The lowest BCUT2D eigenvalue weighted by molar-refractivity contribution is -0.117. The summed E-state index contributed by atoms with van der Waals surface area (Å²) < 4.78 is 9.78. The minimum Gasteiger partial charge on any atom is -0.337 e. The van der Waals surface area contributed by atoms with Gasteiger partial charge >= 0.3 is 0 Å². The van der Waals surface area contributed by atoms with Crippen LogP contribution >= 0.6 is 23.2 Å². The summed E-state index contributed by atoms with van der Waals surface area (Å²) in [5, 5.41) is 0. The molecule has 0 amide bonds. The van der Waals surface area contributed by atoms with Crippen molar-refractivity contribution in [1.82, 2.24) is 0 Å². The highest BCUT2D eigenvalue weighted by Crippen LogP contribution is 2.01. The van der Waals surface area contributed by atoms with Gasteiger partial charge in [0.2, 0.25) is 0 Å². The lowest BCUT2D eigenvalue weighted by Gasteiger charge is -2.11. The molecule has 0 aliphatic carbocycles. The SMILES string of the molecule is CCC(OCCl)OCCl. The van der Waals surface area contributed by atoms with Crippen molar-refractivity contribution in [2.24, 2.45) is 0 Å². The summed E-state index contributed by atoms with van der Waals surface area (Å²) in [5.74, 6) is 0. The monoisotopic (exact) mass is 172 g/mol. The van der Waals surface area contributed by atoms with Gasteiger partial charge in [-0.25, -0.2) is 0 Å². The van der Waals surface area contributed by atoms with Crippen LogP contribution in [0.15, 0.2) is 0 Å². The maximum atomic E-state index is 5.27. The van der Waals surface area contributed by atoms with Crippen molar-refractivity contribution in [3.8, 4) is 0 Å². The van der Waals surface area contributed by atoms with Crippen LogP contribution in [0, 0.1) is 0 Å². The van der Waals surface area contributed by atoms with E-state index < -0.39 is 0 Å². The van der Waals surface area contributed by atoms with Gasteiger partial charge < -0.3 is 9.47 Å². The molecule has 0 N–H and O–H groups in total. The van der Waals surface area contributed by atoms with Crippen LogP contribution in [0.4, 0.5) is 0 Å². The molecule has 0 aromatic heterocycles. The van der Waals surface area contributed by atoms with Crippen molar-refractivity contribution in [3.05, 3.63) is 0 Å². The lowest BCUT2D eigenvalue weighted by atomic mass is 10.5. The van der Waals surface area contributed by atoms with Crippen LogP contribution < -0.4 is 0 Å². The Kier molecular flexibility index (Phi) is 6.99. The fourth-order valence-electron chi connectivity index (χ4n) is 0.424. The maximum Gasteiger partial charge on any atom is 0.160 e. The van der Waals surface area contributed by atoms with Gasteiger partial charge in [0.25, 0.3) is 0 Å². The molecular formula is C5H10Cl2O2. The Morgan fingerprint density at radius 3 is 1.89 bits per heavy atom.